The van der Waals surface area contributed by atoms with Crippen LogP contribution in [0.2, 0.25) is 0 Å². The molecule has 5 heteroatoms. The second kappa shape index (κ2) is 8.00. The van der Waals surface area contributed by atoms with E-state index in [0.29, 0.717) is 13.2 Å². The molecule has 0 saturated carbocycles. The Morgan fingerprint density at radius 2 is 2.11 bits per heavy atom. The Kier molecular flexibility index (Phi) is 6.60. The van der Waals surface area contributed by atoms with Crippen molar-refractivity contribution in [2.24, 2.45) is 0 Å². The highest BCUT2D eigenvalue weighted by atomic mass is 16.5. The summed E-state index contributed by atoms with van der Waals surface area (Å²) in [6.45, 7) is 5.26. The maximum atomic E-state index is 5.71. The highest BCUT2D eigenvalue weighted by molar-refractivity contribution is 5.35. The van der Waals surface area contributed by atoms with Gasteiger partial charge in [0.05, 0.1) is 12.3 Å². The predicted octanol–water partition coefficient (Wildman–Crippen LogP) is 2.54. The van der Waals surface area contributed by atoms with Crippen molar-refractivity contribution in [3.8, 4) is 0 Å². The third kappa shape index (κ3) is 4.23. The van der Waals surface area contributed by atoms with E-state index in [0.717, 1.165) is 30.2 Å². The molecule has 1 N–H and O–H groups in total. The van der Waals surface area contributed by atoms with E-state index >= 15 is 0 Å². The van der Waals surface area contributed by atoms with Crippen molar-refractivity contribution in [2.45, 2.75) is 39.4 Å². The van der Waals surface area contributed by atoms with Crippen LogP contribution < -0.4 is 5.32 Å². The van der Waals surface area contributed by atoms with E-state index in [1.807, 2.05) is 20.0 Å². The molecule has 0 aliphatic rings. The summed E-state index contributed by atoms with van der Waals surface area (Å²) in [6, 6.07) is 1.89. The molecule has 1 aromatic heterocycles. The molecule has 1 atom stereocenters. The van der Waals surface area contributed by atoms with Gasteiger partial charge in [0.25, 0.3) is 0 Å². The normalized spacial score (nSPS) is 12.4. The number of hydrogen-bond donors (Lipinski definition) is 1. The zero-order valence-corrected chi connectivity index (χ0v) is 11.7. The lowest BCUT2D eigenvalue weighted by Crippen LogP contribution is -2.12. The molecule has 0 saturated heterocycles. The van der Waals surface area contributed by atoms with E-state index in [1.54, 1.807) is 7.11 Å². The van der Waals surface area contributed by atoms with Crippen molar-refractivity contribution in [3.63, 3.8) is 0 Å². The summed E-state index contributed by atoms with van der Waals surface area (Å²) in [5, 5.41) is 3.04. The monoisotopic (exact) mass is 253 g/mol. The SMILES string of the molecule is CCCC(OCC)c1nc(COC)cc(NC)n1. The Morgan fingerprint density at radius 3 is 2.67 bits per heavy atom. The number of methoxy groups -OCH3 is 1. The summed E-state index contributed by atoms with van der Waals surface area (Å²) in [7, 11) is 3.51. The predicted molar refractivity (Wildman–Crippen MR) is 71.6 cm³/mol. The van der Waals surface area contributed by atoms with Gasteiger partial charge in [0, 0.05) is 26.8 Å². The lowest BCUT2D eigenvalue weighted by Gasteiger charge is -2.16. The van der Waals surface area contributed by atoms with Gasteiger partial charge in [-0.3, -0.25) is 0 Å². The average molecular weight is 253 g/mol. The van der Waals surface area contributed by atoms with Crippen LogP contribution in [0.4, 0.5) is 5.82 Å². The first-order valence-corrected chi connectivity index (χ1v) is 6.41. The van der Waals surface area contributed by atoms with Gasteiger partial charge in [-0.2, -0.15) is 0 Å². The number of anilines is 1. The van der Waals surface area contributed by atoms with Gasteiger partial charge in [0.1, 0.15) is 11.9 Å². The second-order valence-corrected chi connectivity index (χ2v) is 4.02. The fraction of sp³-hybridized carbons (Fsp3) is 0.692. The molecule has 0 fully saturated rings. The lowest BCUT2D eigenvalue weighted by atomic mass is 10.2. The lowest BCUT2D eigenvalue weighted by molar-refractivity contribution is 0.0490. The van der Waals surface area contributed by atoms with Gasteiger partial charge in [0.2, 0.25) is 0 Å². The summed E-state index contributed by atoms with van der Waals surface area (Å²) < 4.78 is 10.8. The van der Waals surface area contributed by atoms with E-state index < -0.39 is 0 Å². The van der Waals surface area contributed by atoms with Crippen LogP contribution in [0.5, 0.6) is 0 Å². The molecule has 0 radical (unpaired) electrons. The summed E-state index contributed by atoms with van der Waals surface area (Å²) in [4.78, 5) is 8.98. The molecule has 0 amide bonds. The van der Waals surface area contributed by atoms with Crippen LogP contribution in [0.25, 0.3) is 0 Å². The van der Waals surface area contributed by atoms with E-state index in [1.165, 1.54) is 0 Å². The van der Waals surface area contributed by atoms with Crippen molar-refractivity contribution in [3.05, 3.63) is 17.6 Å². The van der Waals surface area contributed by atoms with Crippen LogP contribution >= 0.6 is 0 Å². The minimum Gasteiger partial charge on any atom is -0.378 e. The number of nitrogens with zero attached hydrogens (tertiary/aromatic N) is 2. The van der Waals surface area contributed by atoms with Crippen molar-refractivity contribution < 1.29 is 9.47 Å². The molecule has 0 spiro atoms. The molecule has 18 heavy (non-hydrogen) atoms. The van der Waals surface area contributed by atoms with Crippen LogP contribution in [0, 0.1) is 0 Å². The van der Waals surface area contributed by atoms with Crippen molar-refractivity contribution in [1.29, 1.82) is 0 Å². The third-order valence-corrected chi connectivity index (χ3v) is 2.55. The molecule has 0 bridgehead atoms. The number of hydrogen-bond acceptors (Lipinski definition) is 5. The van der Waals surface area contributed by atoms with Gasteiger partial charge in [-0.05, 0) is 13.3 Å². The van der Waals surface area contributed by atoms with Gasteiger partial charge in [-0.25, -0.2) is 9.97 Å². The maximum absolute atomic E-state index is 5.71. The van der Waals surface area contributed by atoms with Gasteiger partial charge in [-0.1, -0.05) is 13.3 Å². The second-order valence-electron chi connectivity index (χ2n) is 4.02. The Bertz CT molecular complexity index is 352. The summed E-state index contributed by atoms with van der Waals surface area (Å²) >= 11 is 0. The van der Waals surface area contributed by atoms with Crippen molar-refractivity contribution in [1.82, 2.24) is 9.97 Å². The first kappa shape index (κ1) is 14.9. The minimum absolute atomic E-state index is 0.0380. The number of ether oxygens (including phenoxy) is 2. The minimum atomic E-state index is -0.0380. The Labute approximate surface area is 109 Å². The molecular formula is C13H23N3O2. The van der Waals surface area contributed by atoms with E-state index in [2.05, 4.69) is 22.2 Å². The number of rotatable bonds is 8. The number of nitrogens with one attached hydrogen (secondary N) is 1. The van der Waals surface area contributed by atoms with Gasteiger partial charge in [-0.15, -0.1) is 0 Å². The molecule has 0 aromatic carbocycles. The molecule has 0 aliphatic heterocycles. The van der Waals surface area contributed by atoms with Gasteiger partial charge >= 0.3 is 0 Å². The van der Waals surface area contributed by atoms with Crippen LogP contribution in [0.15, 0.2) is 6.07 Å². The molecule has 5 nitrogen and oxygen atoms in total. The summed E-state index contributed by atoms with van der Waals surface area (Å²) in [5.41, 5.74) is 0.868. The van der Waals surface area contributed by atoms with Crippen LogP contribution in [0.1, 0.15) is 44.3 Å². The molecule has 1 rings (SSSR count). The first-order chi connectivity index (χ1) is 8.74. The summed E-state index contributed by atoms with van der Waals surface area (Å²) in [5.74, 6) is 1.53. The standard InChI is InChI=1S/C13H23N3O2/c1-5-7-11(18-6-2)13-15-10(9-17-4)8-12(14-3)16-13/h8,11H,5-7,9H2,1-4H3,(H,14,15,16). The van der Waals surface area contributed by atoms with Crippen LogP contribution in [-0.2, 0) is 16.1 Å². The molecule has 102 valence electrons. The first-order valence-electron chi connectivity index (χ1n) is 6.41. The maximum Gasteiger partial charge on any atom is 0.159 e. The molecule has 1 heterocycles. The van der Waals surface area contributed by atoms with Crippen LogP contribution in [-0.4, -0.2) is 30.7 Å². The smallest absolute Gasteiger partial charge is 0.159 e. The van der Waals surface area contributed by atoms with Crippen LogP contribution in [0.3, 0.4) is 0 Å². The number of aromatic nitrogens is 2. The zero-order chi connectivity index (χ0) is 13.4. The van der Waals surface area contributed by atoms with E-state index in [9.17, 15) is 0 Å². The quantitative estimate of drug-likeness (QED) is 0.771. The Morgan fingerprint density at radius 1 is 1.33 bits per heavy atom. The van der Waals surface area contributed by atoms with Gasteiger partial charge < -0.3 is 14.8 Å². The molecular weight excluding hydrogens is 230 g/mol. The van der Waals surface area contributed by atoms with Gasteiger partial charge in [0.15, 0.2) is 5.82 Å². The third-order valence-electron chi connectivity index (χ3n) is 2.55. The van der Waals surface area contributed by atoms with Crippen molar-refractivity contribution >= 4 is 5.82 Å². The van der Waals surface area contributed by atoms with E-state index in [4.69, 9.17) is 9.47 Å². The topological polar surface area (TPSA) is 56.3 Å². The molecule has 0 aliphatic carbocycles. The van der Waals surface area contributed by atoms with E-state index in [-0.39, 0.29) is 6.10 Å². The highest BCUT2D eigenvalue weighted by Gasteiger charge is 2.15. The zero-order valence-electron chi connectivity index (χ0n) is 11.7. The Hall–Kier alpha value is -1.20. The molecule has 1 unspecified atom stereocenters. The fourth-order valence-electron chi connectivity index (χ4n) is 1.76. The van der Waals surface area contributed by atoms with Crippen molar-refractivity contribution in [2.75, 3.05) is 26.1 Å². The largest absolute Gasteiger partial charge is 0.378 e. The molecule has 1 aromatic rings. The highest BCUT2D eigenvalue weighted by Crippen LogP contribution is 2.21. The fourth-order valence-corrected chi connectivity index (χ4v) is 1.76. The summed E-state index contributed by atoms with van der Waals surface area (Å²) in [6.07, 6.45) is 1.93. The average Bonchev–Trinajstić information content (AvgIpc) is 2.38. The Balaban J connectivity index is 2.99.